The zero-order valence-corrected chi connectivity index (χ0v) is 17.7. The first-order valence-electron chi connectivity index (χ1n) is 10.6. The number of carbonyl (C=O) groups is 1. The van der Waals surface area contributed by atoms with Crippen molar-refractivity contribution >= 4 is 30.6 Å². The van der Waals surface area contributed by atoms with Crippen molar-refractivity contribution in [2.75, 3.05) is 0 Å². The maximum atomic E-state index is 15.7. The molecule has 0 amide bonds. The molecule has 2 aliphatic rings. The number of carbonyl (C=O) groups excluding carboxylic acids is 1. The van der Waals surface area contributed by atoms with Crippen LogP contribution in [0.4, 0.5) is 8.63 Å². The average Bonchev–Trinajstić information content (AvgIpc) is 3.35. The van der Waals surface area contributed by atoms with Crippen LogP contribution in [-0.2, 0) is 11.2 Å². The molecule has 0 fully saturated rings. The highest BCUT2D eigenvalue weighted by Crippen LogP contribution is 2.33. The SMILES string of the molecule is CC(C)C(=O)CCc1ccc2n1[B-](F)(F)[N+]1=C(/C=C/C=C/c3ccccc3)C=CC1=C2. The fourth-order valence-corrected chi connectivity index (χ4v) is 3.99. The first-order valence-corrected chi connectivity index (χ1v) is 10.6. The lowest BCUT2D eigenvalue weighted by Gasteiger charge is -2.30. The van der Waals surface area contributed by atoms with Gasteiger partial charge in [0, 0.05) is 42.3 Å². The Balaban J connectivity index is 1.61. The van der Waals surface area contributed by atoms with Gasteiger partial charge in [0.1, 0.15) is 5.78 Å². The Bertz CT molecular complexity index is 1150. The summed E-state index contributed by atoms with van der Waals surface area (Å²) in [5.41, 5.74) is 2.93. The molecule has 0 radical (unpaired) electrons. The monoisotopic (exact) mass is 418 g/mol. The Morgan fingerprint density at radius 2 is 1.81 bits per heavy atom. The number of ketones is 1. The molecule has 2 aliphatic heterocycles. The molecule has 0 aliphatic carbocycles. The first kappa shape index (κ1) is 21.0. The van der Waals surface area contributed by atoms with E-state index < -0.39 is 6.97 Å². The Morgan fingerprint density at radius 1 is 1.06 bits per heavy atom. The number of aromatic nitrogens is 1. The molecule has 0 spiro atoms. The molecule has 0 bridgehead atoms. The van der Waals surface area contributed by atoms with Crippen LogP contribution in [0.2, 0.25) is 0 Å². The van der Waals surface area contributed by atoms with Crippen LogP contribution in [0.3, 0.4) is 0 Å². The van der Waals surface area contributed by atoms with Gasteiger partial charge in [0.05, 0.1) is 0 Å². The van der Waals surface area contributed by atoms with E-state index in [1.165, 1.54) is 0 Å². The summed E-state index contributed by atoms with van der Waals surface area (Å²) < 4.78 is 33.5. The van der Waals surface area contributed by atoms with E-state index in [-0.39, 0.29) is 18.1 Å². The molecule has 3 nitrogen and oxygen atoms in total. The van der Waals surface area contributed by atoms with Crippen LogP contribution in [0.15, 0.2) is 78.5 Å². The van der Waals surface area contributed by atoms with Gasteiger partial charge in [0.25, 0.3) is 0 Å². The smallest absolute Gasteiger partial charge is 0.394 e. The Labute approximate surface area is 181 Å². The van der Waals surface area contributed by atoms with Crippen molar-refractivity contribution in [2.45, 2.75) is 26.7 Å². The second kappa shape index (κ2) is 8.46. The maximum absolute atomic E-state index is 15.7. The molecule has 31 heavy (non-hydrogen) atoms. The van der Waals surface area contributed by atoms with Crippen LogP contribution >= 0.6 is 0 Å². The van der Waals surface area contributed by atoms with Crippen molar-refractivity contribution in [1.29, 1.82) is 0 Å². The van der Waals surface area contributed by atoms with Crippen LogP contribution in [0.1, 0.15) is 37.2 Å². The highest BCUT2D eigenvalue weighted by Gasteiger charge is 2.52. The van der Waals surface area contributed by atoms with Crippen molar-refractivity contribution in [1.82, 2.24) is 4.48 Å². The van der Waals surface area contributed by atoms with E-state index in [1.807, 2.05) is 56.3 Å². The molecule has 0 atom stereocenters. The largest absolute Gasteiger partial charge is 0.737 e. The van der Waals surface area contributed by atoms with E-state index in [1.54, 1.807) is 42.5 Å². The molecule has 4 rings (SSSR count). The van der Waals surface area contributed by atoms with E-state index in [9.17, 15) is 4.79 Å². The Hall–Kier alpha value is -3.28. The highest BCUT2D eigenvalue weighted by atomic mass is 19.2. The van der Waals surface area contributed by atoms with Crippen LogP contribution < -0.4 is 0 Å². The van der Waals surface area contributed by atoms with Crippen LogP contribution in [0, 0.1) is 5.92 Å². The third-order valence-corrected chi connectivity index (χ3v) is 5.67. The Morgan fingerprint density at radius 3 is 2.55 bits per heavy atom. The number of Topliss-reactive ketones (excluding diaryl/α,β-unsaturated/α-hetero) is 1. The summed E-state index contributed by atoms with van der Waals surface area (Å²) in [6.45, 7) is -0.388. The van der Waals surface area contributed by atoms with Crippen molar-refractivity contribution in [3.8, 4) is 0 Å². The lowest BCUT2D eigenvalue weighted by atomic mass is 9.90. The number of benzene rings is 1. The minimum atomic E-state index is -4.05. The topological polar surface area (TPSA) is 25.0 Å². The number of hydrogen-bond acceptors (Lipinski definition) is 1. The van der Waals surface area contributed by atoms with Gasteiger partial charge in [-0.05, 0) is 29.8 Å². The van der Waals surface area contributed by atoms with E-state index in [0.717, 1.165) is 14.5 Å². The molecule has 0 saturated carbocycles. The van der Waals surface area contributed by atoms with E-state index >= 15 is 8.63 Å². The molecule has 0 unspecified atom stereocenters. The zero-order chi connectivity index (χ0) is 22.0. The van der Waals surface area contributed by atoms with Crippen molar-refractivity contribution in [2.24, 2.45) is 5.92 Å². The van der Waals surface area contributed by atoms with Crippen LogP contribution in [-0.4, -0.2) is 27.4 Å². The summed E-state index contributed by atoms with van der Waals surface area (Å²) in [6, 6.07) is 13.2. The fourth-order valence-electron chi connectivity index (χ4n) is 3.99. The molecule has 6 heteroatoms. The van der Waals surface area contributed by atoms with E-state index in [2.05, 4.69) is 0 Å². The zero-order valence-electron chi connectivity index (χ0n) is 17.7. The number of rotatable bonds is 7. The predicted molar refractivity (Wildman–Crippen MR) is 123 cm³/mol. The van der Waals surface area contributed by atoms with Gasteiger partial charge >= 0.3 is 6.97 Å². The quantitative estimate of drug-likeness (QED) is 0.430. The maximum Gasteiger partial charge on any atom is 0.737 e. The minimum Gasteiger partial charge on any atom is -0.394 e. The molecule has 1 aromatic heterocycles. The van der Waals surface area contributed by atoms with Crippen molar-refractivity contribution < 1.29 is 17.9 Å². The number of allylic oxidation sites excluding steroid dienone is 5. The first-order chi connectivity index (χ1) is 14.9. The van der Waals surface area contributed by atoms with Gasteiger partial charge in [0.15, 0.2) is 11.4 Å². The molecule has 3 heterocycles. The molecule has 0 saturated heterocycles. The molecule has 1 aromatic carbocycles. The normalized spacial score (nSPS) is 17.0. The van der Waals surface area contributed by atoms with Crippen LogP contribution in [0.25, 0.3) is 12.2 Å². The summed E-state index contributed by atoms with van der Waals surface area (Å²) in [7, 11) is 0. The second-order valence-corrected chi connectivity index (χ2v) is 8.16. The molecular weight excluding hydrogens is 393 g/mol. The van der Waals surface area contributed by atoms with E-state index in [4.69, 9.17) is 0 Å². The van der Waals surface area contributed by atoms with Gasteiger partial charge in [0.2, 0.25) is 0 Å². The van der Waals surface area contributed by atoms with Gasteiger partial charge in [-0.15, -0.1) is 0 Å². The summed E-state index contributed by atoms with van der Waals surface area (Å²) >= 11 is 0. The fraction of sp³-hybridized carbons (Fsp3) is 0.200. The predicted octanol–water partition coefficient (Wildman–Crippen LogP) is 5.52. The number of fused-ring (bicyclic) bond motifs is 2. The number of nitrogens with zero attached hydrogens (tertiary/aromatic N) is 2. The van der Waals surface area contributed by atoms with Gasteiger partial charge in [-0.3, -0.25) is 4.79 Å². The number of hydrogen-bond donors (Lipinski definition) is 0. The van der Waals surface area contributed by atoms with E-state index in [0.29, 0.717) is 29.2 Å². The number of aryl methyl sites for hydroxylation is 1. The molecular formula is C25H25BF2N2O. The third kappa shape index (κ3) is 4.15. The third-order valence-electron chi connectivity index (χ3n) is 5.67. The summed E-state index contributed by atoms with van der Waals surface area (Å²) in [4.78, 5) is 12.0. The Kier molecular flexibility index (Phi) is 5.72. The highest BCUT2D eigenvalue weighted by molar-refractivity contribution is 6.58. The summed E-state index contributed by atoms with van der Waals surface area (Å²) in [6.07, 6.45) is 13.0. The second-order valence-electron chi connectivity index (χ2n) is 8.16. The standard InChI is InChI=1S/C25H25BF2N2O/c1-19(2)25(31)17-16-22-13-15-24-18-23-14-12-21(29(23)26(27,28)30(22)24)11-7-6-10-20-8-4-3-5-9-20/h3-15,18-19H,16-17H2,1-2H3/b10-6+,11-7+. The minimum absolute atomic E-state index is 0.0848. The van der Waals surface area contributed by atoms with Gasteiger partial charge in [-0.2, -0.15) is 0 Å². The summed E-state index contributed by atoms with van der Waals surface area (Å²) in [5, 5.41) is 0. The van der Waals surface area contributed by atoms with Gasteiger partial charge < -0.3 is 17.6 Å². The molecule has 2 aromatic rings. The number of halogens is 2. The van der Waals surface area contributed by atoms with Crippen molar-refractivity contribution in [3.05, 3.63) is 95.5 Å². The van der Waals surface area contributed by atoms with Crippen molar-refractivity contribution in [3.63, 3.8) is 0 Å². The lowest BCUT2D eigenvalue weighted by molar-refractivity contribution is -0.360. The molecule has 158 valence electrons. The summed E-state index contributed by atoms with van der Waals surface area (Å²) in [5.74, 6) is -0.00765. The van der Waals surface area contributed by atoms with Gasteiger partial charge in [-0.1, -0.05) is 62.4 Å². The lowest BCUT2D eigenvalue weighted by Crippen LogP contribution is -2.50. The average molecular weight is 418 g/mol. The van der Waals surface area contributed by atoms with Crippen LogP contribution in [0.5, 0.6) is 0 Å². The molecule has 0 N–H and O–H groups in total. The van der Waals surface area contributed by atoms with Gasteiger partial charge in [-0.25, -0.2) is 0 Å².